The zero-order valence-corrected chi connectivity index (χ0v) is 23.5. The van der Waals surface area contributed by atoms with Crippen LogP contribution in [-0.2, 0) is 26.2 Å². The SMILES string of the molecule is CNC(=O)[C@@H](C)N(Cc1ccc(Cl)cc1Cl)C(=O)CN(c1ccc(Cl)cc1)S(=O)(=O)c1ccc(C)cc1. The lowest BCUT2D eigenvalue weighted by molar-refractivity contribution is -0.139. The van der Waals surface area contributed by atoms with Crippen LogP contribution < -0.4 is 9.62 Å². The highest BCUT2D eigenvalue weighted by molar-refractivity contribution is 7.92. The maximum Gasteiger partial charge on any atom is 0.264 e. The zero-order valence-electron chi connectivity index (χ0n) is 20.4. The number of benzene rings is 3. The summed E-state index contributed by atoms with van der Waals surface area (Å²) < 4.78 is 28.4. The predicted octanol–water partition coefficient (Wildman–Crippen LogP) is 5.31. The quantitative estimate of drug-likeness (QED) is 0.370. The van der Waals surface area contributed by atoms with Crippen LogP contribution in [0, 0.1) is 6.92 Å². The summed E-state index contributed by atoms with van der Waals surface area (Å²) in [6.45, 7) is 2.80. The molecule has 196 valence electrons. The van der Waals surface area contributed by atoms with Crippen molar-refractivity contribution in [2.45, 2.75) is 31.3 Å². The number of nitrogens with one attached hydrogen (secondary N) is 1. The van der Waals surface area contributed by atoms with Crippen molar-refractivity contribution in [2.24, 2.45) is 0 Å². The van der Waals surface area contributed by atoms with E-state index in [-0.39, 0.29) is 17.1 Å². The molecule has 3 aromatic rings. The van der Waals surface area contributed by atoms with E-state index < -0.39 is 34.4 Å². The normalized spacial score (nSPS) is 12.1. The summed E-state index contributed by atoms with van der Waals surface area (Å²) in [4.78, 5) is 27.5. The Morgan fingerprint density at radius 1 is 0.919 bits per heavy atom. The summed E-state index contributed by atoms with van der Waals surface area (Å²) in [6, 6.07) is 16.3. The number of nitrogens with zero attached hydrogens (tertiary/aromatic N) is 2. The van der Waals surface area contributed by atoms with Crippen molar-refractivity contribution in [1.82, 2.24) is 10.2 Å². The fourth-order valence-corrected chi connectivity index (χ4v) is 5.61. The number of carbonyl (C=O) groups excluding carboxylic acids is 2. The monoisotopic (exact) mass is 581 g/mol. The van der Waals surface area contributed by atoms with E-state index in [9.17, 15) is 18.0 Å². The molecule has 11 heteroatoms. The van der Waals surface area contributed by atoms with E-state index >= 15 is 0 Å². The van der Waals surface area contributed by atoms with Crippen molar-refractivity contribution in [3.8, 4) is 0 Å². The Balaban J connectivity index is 2.04. The Bertz CT molecular complexity index is 1380. The van der Waals surface area contributed by atoms with Crippen LogP contribution in [-0.4, -0.2) is 44.8 Å². The fourth-order valence-electron chi connectivity index (χ4n) is 3.60. The Kier molecular flexibility index (Phi) is 9.47. The van der Waals surface area contributed by atoms with Gasteiger partial charge >= 0.3 is 0 Å². The van der Waals surface area contributed by atoms with Gasteiger partial charge in [-0.05, 0) is 67.9 Å². The van der Waals surface area contributed by atoms with Crippen LogP contribution in [0.1, 0.15) is 18.1 Å². The van der Waals surface area contributed by atoms with Crippen LogP contribution in [0.2, 0.25) is 15.1 Å². The standard InChI is InChI=1S/C26H26Cl3N3O4S/c1-17-4-12-23(13-5-17)37(35,36)32(22-10-8-20(27)9-11-22)16-25(33)31(18(2)26(34)30-3)15-19-6-7-21(28)14-24(19)29/h4-14,18H,15-16H2,1-3H3,(H,30,34)/t18-/m1/s1. The van der Waals surface area contributed by atoms with Gasteiger partial charge in [-0.1, -0.05) is 58.6 Å². The van der Waals surface area contributed by atoms with Gasteiger partial charge in [0.25, 0.3) is 10.0 Å². The summed E-state index contributed by atoms with van der Waals surface area (Å²) in [5.41, 5.74) is 1.68. The zero-order chi connectivity index (χ0) is 27.3. The average molecular weight is 583 g/mol. The molecular formula is C26H26Cl3N3O4S. The van der Waals surface area contributed by atoms with E-state index in [4.69, 9.17) is 34.8 Å². The Morgan fingerprint density at radius 2 is 1.51 bits per heavy atom. The lowest BCUT2D eigenvalue weighted by atomic mass is 10.1. The van der Waals surface area contributed by atoms with Gasteiger partial charge in [0.1, 0.15) is 12.6 Å². The molecule has 0 aliphatic rings. The molecule has 0 bridgehead atoms. The van der Waals surface area contributed by atoms with Crippen LogP contribution in [0.25, 0.3) is 0 Å². The number of hydrogen-bond acceptors (Lipinski definition) is 4. The summed E-state index contributed by atoms with van der Waals surface area (Å²) >= 11 is 18.4. The van der Waals surface area contributed by atoms with Gasteiger partial charge in [0, 0.05) is 28.7 Å². The van der Waals surface area contributed by atoms with Crippen molar-refractivity contribution >= 4 is 62.3 Å². The molecule has 7 nitrogen and oxygen atoms in total. The van der Waals surface area contributed by atoms with Crippen molar-refractivity contribution in [1.29, 1.82) is 0 Å². The summed E-state index contributed by atoms with van der Waals surface area (Å²) in [6.07, 6.45) is 0. The second-order valence-electron chi connectivity index (χ2n) is 8.35. The van der Waals surface area contributed by atoms with Crippen molar-refractivity contribution in [3.05, 3.63) is 92.9 Å². The lowest BCUT2D eigenvalue weighted by Gasteiger charge is -2.32. The minimum absolute atomic E-state index is 0.0208. The molecule has 0 aliphatic heterocycles. The number of hydrogen-bond donors (Lipinski definition) is 1. The first kappa shape index (κ1) is 28.8. The number of likely N-dealkylation sites (N-methyl/N-ethyl adjacent to an activating group) is 1. The number of amides is 2. The first-order chi connectivity index (χ1) is 17.4. The van der Waals surface area contributed by atoms with Crippen molar-refractivity contribution < 1.29 is 18.0 Å². The highest BCUT2D eigenvalue weighted by atomic mass is 35.5. The number of anilines is 1. The lowest BCUT2D eigenvalue weighted by Crippen LogP contribution is -2.50. The van der Waals surface area contributed by atoms with Crippen molar-refractivity contribution in [2.75, 3.05) is 17.9 Å². The average Bonchev–Trinajstić information content (AvgIpc) is 2.86. The molecule has 0 unspecified atom stereocenters. The number of carbonyl (C=O) groups is 2. The van der Waals surface area contributed by atoms with Crippen LogP contribution in [0.15, 0.2) is 71.6 Å². The maximum atomic E-state index is 13.7. The Hall–Kier alpha value is -2.78. The molecule has 0 saturated heterocycles. The van der Waals surface area contributed by atoms with Gasteiger partial charge in [0.2, 0.25) is 11.8 Å². The molecule has 2 amide bonds. The molecule has 0 saturated carbocycles. The molecule has 0 fully saturated rings. The Morgan fingerprint density at radius 3 is 2.08 bits per heavy atom. The third-order valence-electron chi connectivity index (χ3n) is 5.77. The first-order valence-corrected chi connectivity index (χ1v) is 13.8. The molecule has 0 spiro atoms. The maximum absolute atomic E-state index is 13.7. The molecule has 0 aromatic heterocycles. The molecule has 1 atom stereocenters. The molecule has 37 heavy (non-hydrogen) atoms. The van der Waals surface area contributed by atoms with Gasteiger partial charge in [-0.3, -0.25) is 13.9 Å². The van der Waals surface area contributed by atoms with Crippen molar-refractivity contribution in [3.63, 3.8) is 0 Å². The second-order valence-corrected chi connectivity index (χ2v) is 11.5. The van der Waals surface area contributed by atoms with E-state index in [2.05, 4.69) is 5.32 Å². The number of sulfonamides is 1. The molecule has 1 N–H and O–H groups in total. The highest BCUT2D eigenvalue weighted by Crippen LogP contribution is 2.27. The molecule has 3 aromatic carbocycles. The molecule has 0 aliphatic carbocycles. The molecule has 3 rings (SSSR count). The van der Waals surface area contributed by atoms with Gasteiger partial charge in [-0.15, -0.1) is 0 Å². The first-order valence-electron chi connectivity index (χ1n) is 11.2. The minimum atomic E-state index is -4.15. The van der Waals surface area contributed by atoms with E-state index in [1.54, 1.807) is 31.2 Å². The number of halogens is 3. The van der Waals surface area contributed by atoms with Gasteiger partial charge in [0.05, 0.1) is 10.6 Å². The summed E-state index contributed by atoms with van der Waals surface area (Å²) in [7, 11) is -2.69. The van der Waals surface area contributed by atoms with E-state index in [1.165, 1.54) is 54.4 Å². The molecule has 0 radical (unpaired) electrons. The fraction of sp³-hybridized carbons (Fsp3) is 0.231. The van der Waals surface area contributed by atoms with Crippen LogP contribution in [0.5, 0.6) is 0 Å². The number of aryl methyl sites for hydroxylation is 1. The van der Waals surface area contributed by atoms with E-state index in [0.717, 1.165) is 9.87 Å². The predicted molar refractivity (Wildman–Crippen MR) is 148 cm³/mol. The van der Waals surface area contributed by atoms with Crippen LogP contribution in [0.4, 0.5) is 5.69 Å². The van der Waals surface area contributed by atoms with E-state index in [0.29, 0.717) is 20.6 Å². The second kappa shape index (κ2) is 12.2. The third-order valence-corrected chi connectivity index (χ3v) is 8.40. The highest BCUT2D eigenvalue weighted by Gasteiger charge is 2.32. The Labute approximate surface area is 232 Å². The third kappa shape index (κ3) is 6.96. The topological polar surface area (TPSA) is 86.8 Å². The molecular weight excluding hydrogens is 557 g/mol. The van der Waals surface area contributed by atoms with Gasteiger partial charge in [-0.2, -0.15) is 0 Å². The minimum Gasteiger partial charge on any atom is -0.357 e. The van der Waals surface area contributed by atoms with E-state index in [1.807, 2.05) is 6.92 Å². The van der Waals surface area contributed by atoms with Gasteiger partial charge < -0.3 is 10.2 Å². The summed E-state index contributed by atoms with van der Waals surface area (Å²) in [5.74, 6) is -1.02. The van der Waals surface area contributed by atoms with Crippen LogP contribution in [0.3, 0.4) is 0 Å². The van der Waals surface area contributed by atoms with Gasteiger partial charge in [0.15, 0.2) is 0 Å². The smallest absolute Gasteiger partial charge is 0.264 e. The summed E-state index contributed by atoms with van der Waals surface area (Å²) in [5, 5.41) is 3.68. The largest absolute Gasteiger partial charge is 0.357 e. The molecule has 0 heterocycles. The van der Waals surface area contributed by atoms with Gasteiger partial charge in [-0.25, -0.2) is 8.42 Å². The number of rotatable bonds is 9. The van der Waals surface area contributed by atoms with Crippen LogP contribution >= 0.6 is 34.8 Å².